The highest BCUT2D eigenvalue weighted by molar-refractivity contribution is 7.92. The molecule has 2 amide bonds. The lowest BCUT2D eigenvalue weighted by atomic mass is 10.0. The molecular weight excluding hydrogens is 605 g/mol. The summed E-state index contributed by atoms with van der Waals surface area (Å²) in [6.45, 7) is 7.84. The van der Waals surface area contributed by atoms with Gasteiger partial charge in [0, 0.05) is 47.6 Å². The Morgan fingerprint density at radius 3 is 2.16 bits per heavy atom. The summed E-state index contributed by atoms with van der Waals surface area (Å²) < 4.78 is 26.9. The second kappa shape index (κ2) is 15.6. The lowest BCUT2D eigenvalue weighted by molar-refractivity contribution is -0.141. The molecule has 7 nitrogen and oxygen atoms in total. The number of nitrogens with zero attached hydrogens (tertiary/aromatic N) is 2. The predicted molar refractivity (Wildman–Crippen MR) is 176 cm³/mol. The molecule has 10 heteroatoms. The van der Waals surface area contributed by atoms with Gasteiger partial charge in [0.1, 0.15) is 6.04 Å². The van der Waals surface area contributed by atoms with E-state index >= 15 is 0 Å². The van der Waals surface area contributed by atoms with E-state index in [4.69, 9.17) is 23.2 Å². The van der Waals surface area contributed by atoms with Crippen LogP contribution in [0.25, 0.3) is 0 Å². The zero-order valence-corrected chi connectivity index (χ0v) is 27.8. The van der Waals surface area contributed by atoms with E-state index in [0.29, 0.717) is 21.3 Å². The third-order valence-electron chi connectivity index (χ3n) is 7.66. The number of rotatable bonds is 14. The molecule has 0 fully saturated rings. The molecule has 0 aromatic heterocycles. The van der Waals surface area contributed by atoms with Gasteiger partial charge in [-0.1, -0.05) is 78.7 Å². The van der Waals surface area contributed by atoms with Crippen molar-refractivity contribution in [3.63, 3.8) is 0 Å². The van der Waals surface area contributed by atoms with Gasteiger partial charge in [-0.2, -0.15) is 0 Å². The number of nitrogens with one attached hydrogen (secondary N) is 1. The van der Waals surface area contributed by atoms with E-state index in [1.54, 1.807) is 24.3 Å². The molecule has 0 spiro atoms. The lowest BCUT2D eigenvalue weighted by Gasteiger charge is -2.33. The van der Waals surface area contributed by atoms with E-state index in [0.717, 1.165) is 29.4 Å². The molecule has 0 radical (unpaired) electrons. The minimum absolute atomic E-state index is 0.0147. The molecule has 0 saturated heterocycles. The average Bonchev–Trinajstić information content (AvgIpc) is 2.95. The third-order valence-corrected chi connectivity index (χ3v) is 9.55. The van der Waals surface area contributed by atoms with Crippen molar-refractivity contribution >= 4 is 50.7 Å². The van der Waals surface area contributed by atoms with E-state index in [2.05, 4.69) is 5.32 Å². The number of benzene rings is 3. The monoisotopic (exact) mass is 645 g/mol. The number of aryl methyl sites for hydroxylation is 1. The van der Waals surface area contributed by atoms with Crippen LogP contribution in [0.5, 0.6) is 0 Å². The standard InChI is InChI=1S/C33H41Cl2N3O4S/c1-6-24(3)36-33(40)31(21-26-14-8-7-9-15-26)37(22-27-28(34)16-11-17-29(27)35)32(39)19-12-20-38(43(5,41)42)30-18-10-13-23(2)25(30)4/h7-11,13-18,24,31H,6,12,19-22H2,1-5H3,(H,36,40)/t24-,31-/m1/s1. The average molecular weight is 647 g/mol. The van der Waals surface area contributed by atoms with Crippen molar-refractivity contribution in [1.82, 2.24) is 10.2 Å². The van der Waals surface area contributed by atoms with Crippen molar-refractivity contribution in [2.24, 2.45) is 0 Å². The number of halogens is 2. The summed E-state index contributed by atoms with van der Waals surface area (Å²) in [4.78, 5) is 29.3. The third kappa shape index (κ3) is 9.46. The normalized spacial score (nSPS) is 12.8. The number of carbonyl (C=O) groups excluding carboxylic acids is 2. The van der Waals surface area contributed by atoms with Gasteiger partial charge in [-0.3, -0.25) is 13.9 Å². The van der Waals surface area contributed by atoms with Crippen molar-refractivity contribution in [1.29, 1.82) is 0 Å². The Kier molecular flexibility index (Phi) is 12.5. The minimum atomic E-state index is -3.61. The largest absolute Gasteiger partial charge is 0.352 e. The van der Waals surface area contributed by atoms with Crippen LogP contribution >= 0.6 is 23.2 Å². The first-order valence-electron chi connectivity index (χ1n) is 14.4. The second-order valence-corrected chi connectivity index (χ2v) is 13.6. The number of amides is 2. The van der Waals surface area contributed by atoms with Gasteiger partial charge >= 0.3 is 0 Å². The first-order chi connectivity index (χ1) is 20.3. The molecule has 0 aliphatic heterocycles. The number of hydrogen-bond donors (Lipinski definition) is 1. The molecule has 3 aromatic carbocycles. The Labute approximate surface area is 266 Å². The summed E-state index contributed by atoms with van der Waals surface area (Å²) in [6, 6.07) is 19.2. The summed E-state index contributed by atoms with van der Waals surface area (Å²) >= 11 is 13.0. The van der Waals surface area contributed by atoms with Crippen LogP contribution in [0.3, 0.4) is 0 Å². The van der Waals surface area contributed by atoms with Crippen LogP contribution < -0.4 is 9.62 Å². The van der Waals surface area contributed by atoms with E-state index < -0.39 is 16.1 Å². The summed E-state index contributed by atoms with van der Waals surface area (Å²) in [7, 11) is -3.61. The fourth-order valence-corrected chi connectivity index (χ4v) is 6.37. The first kappa shape index (κ1) is 34.4. The van der Waals surface area contributed by atoms with Crippen LogP contribution in [-0.2, 0) is 32.6 Å². The van der Waals surface area contributed by atoms with Gasteiger partial charge in [0.05, 0.1) is 11.9 Å². The van der Waals surface area contributed by atoms with Gasteiger partial charge in [-0.15, -0.1) is 0 Å². The number of anilines is 1. The van der Waals surface area contributed by atoms with Crippen LogP contribution in [0.4, 0.5) is 5.69 Å². The van der Waals surface area contributed by atoms with Crippen molar-refractivity contribution < 1.29 is 18.0 Å². The zero-order chi connectivity index (χ0) is 31.7. The van der Waals surface area contributed by atoms with E-state index in [9.17, 15) is 18.0 Å². The molecule has 43 heavy (non-hydrogen) atoms. The summed E-state index contributed by atoms with van der Waals surface area (Å²) in [5.74, 6) is -0.575. The topological polar surface area (TPSA) is 86.8 Å². The maximum Gasteiger partial charge on any atom is 0.243 e. The van der Waals surface area contributed by atoms with E-state index in [1.165, 1.54) is 9.21 Å². The molecule has 0 aliphatic carbocycles. The Balaban J connectivity index is 1.95. The molecule has 232 valence electrons. The zero-order valence-electron chi connectivity index (χ0n) is 25.4. The fraction of sp³-hybridized carbons (Fsp3) is 0.394. The maximum atomic E-state index is 14.0. The Morgan fingerprint density at radius 1 is 0.930 bits per heavy atom. The van der Waals surface area contributed by atoms with Crippen LogP contribution in [0, 0.1) is 13.8 Å². The van der Waals surface area contributed by atoms with Gasteiger partial charge in [0.25, 0.3) is 0 Å². The molecule has 3 rings (SSSR count). The van der Waals surface area contributed by atoms with Gasteiger partial charge in [-0.05, 0) is 68.5 Å². The highest BCUT2D eigenvalue weighted by Crippen LogP contribution is 2.29. The van der Waals surface area contributed by atoms with Gasteiger partial charge in [0.2, 0.25) is 21.8 Å². The number of hydrogen-bond acceptors (Lipinski definition) is 4. The fourth-order valence-electron chi connectivity index (χ4n) is 4.84. The summed E-state index contributed by atoms with van der Waals surface area (Å²) in [5, 5.41) is 3.83. The van der Waals surface area contributed by atoms with Crippen molar-refractivity contribution in [3.8, 4) is 0 Å². The molecule has 0 unspecified atom stereocenters. The molecule has 3 aromatic rings. The minimum Gasteiger partial charge on any atom is -0.352 e. The Morgan fingerprint density at radius 2 is 1.56 bits per heavy atom. The molecule has 0 aliphatic rings. The lowest BCUT2D eigenvalue weighted by Crippen LogP contribution is -2.52. The van der Waals surface area contributed by atoms with Crippen molar-refractivity contribution in [3.05, 3.63) is 99.0 Å². The van der Waals surface area contributed by atoms with Crippen LogP contribution in [0.2, 0.25) is 10.0 Å². The molecule has 0 bridgehead atoms. The Bertz CT molecular complexity index is 1500. The Hall–Kier alpha value is -3.07. The predicted octanol–water partition coefficient (Wildman–Crippen LogP) is 6.71. The molecule has 0 heterocycles. The molecule has 1 N–H and O–H groups in total. The van der Waals surface area contributed by atoms with E-state index in [1.807, 2.05) is 70.2 Å². The summed E-state index contributed by atoms with van der Waals surface area (Å²) in [5.41, 5.74) is 3.86. The summed E-state index contributed by atoms with van der Waals surface area (Å²) in [6.07, 6.45) is 2.44. The van der Waals surface area contributed by atoms with E-state index in [-0.39, 0.29) is 50.2 Å². The van der Waals surface area contributed by atoms with Crippen LogP contribution in [0.1, 0.15) is 55.4 Å². The maximum absolute atomic E-state index is 14.0. The second-order valence-electron chi connectivity index (χ2n) is 10.9. The molecular formula is C33H41Cl2N3O4S. The van der Waals surface area contributed by atoms with Gasteiger partial charge in [-0.25, -0.2) is 8.42 Å². The first-order valence-corrected chi connectivity index (χ1v) is 17.0. The quantitative estimate of drug-likeness (QED) is 0.211. The van der Waals surface area contributed by atoms with Crippen molar-refractivity contribution in [2.45, 2.75) is 72.0 Å². The van der Waals surface area contributed by atoms with Gasteiger partial charge in [0.15, 0.2) is 0 Å². The highest BCUT2D eigenvalue weighted by atomic mass is 35.5. The van der Waals surface area contributed by atoms with Crippen LogP contribution in [0.15, 0.2) is 66.7 Å². The number of sulfonamides is 1. The van der Waals surface area contributed by atoms with Crippen LogP contribution in [-0.4, -0.2) is 50.0 Å². The SMILES string of the molecule is CC[C@@H](C)NC(=O)[C@@H](Cc1ccccc1)N(Cc1c(Cl)cccc1Cl)C(=O)CCCN(c1cccc(C)c1C)S(C)(=O)=O. The smallest absolute Gasteiger partial charge is 0.243 e. The molecule has 0 saturated carbocycles. The number of carbonyl (C=O) groups is 2. The molecule has 2 atom stereocenters. The highest BCUT2D eigenvalue weighted by Gasteiger charge is 2.32. The van der Waals surface area contributed by atoms with Gasteiger partial charge < -0.3 is 10.2 Å². The van der Waals surface area contributed by atoms with Crippen molar-refractivity contribution in [2.75, 3.05) is 17.1 Å².